The second kappa shape index (κ2) is 9.84. The maximum atomic E-state index is 15.0. The molecule has 162 valence electrons. The zero-order chi connectivity index (χ0) is 21.8. The van der Waals surface area contributed by atoms with Gasteiger partial charge in [-0.25, -0.2) is 4.39 Å². The fourth-order valence-corrected chi connectivity index (χ4v) is 4.65. The summed E-state index contributed by atoms with van der Waals surface area (Å²) in [4.78, 5) is 13.4. The molecule has 1 aliphatic rings. The van der Waals surface area contributed by atoms with Crippen LogP contribution >= 0.6 is 11.8 Å². The number of thioether (sulfide) groups is 1. The molecule has 0 N–H and O–H groups in total. The molecule has 3 rings (SSSR count). The molecule has 0 radical (unpaired) electrons. The van der Waals surface area contributed by atoms with Crippen molar-refractivity contribution in [2.75, 3.05) is 19.5 Å². The van der Waals surface area contributed by atoms with Crippen LogP contribution in [-0.2, 0) is 4.74 Å². The Morgan fingerprint density at radius 2 is 2.07 bits per heavy atom. The van der Waals surface area contributed by atoms with E-state index < -0.39 is 5.82 Å². The van der Waals surface area contributed by atoms with E-state index in [0.717, 1.165) is 17.7 Å². The summed E-state index contributed by atoms with van der Waals surface area (Å²) in [7, 11) is 1.67. The van der Waals surface area contributed by atoms with Crippen molar-refractivity contribution in [2.45, 2.75) is 45.6 Å². The van der Waals surface area contributed by atoms with Gasteiger partial charge in [0.2, 0.25) is 0 Å². The summed E-state index contributed by atoms with van der Waals surface area (Å²) in [5.41, 5.74) is 1.50. The Morgan fingerprint density at radius 1 is 1.30 bits per heavy atom. The number of halogens is 1. The number of ether oxygens (including phenoxy) is 2. The van der Waals surface area contributed by atoms with Crippen molar-refractivity contribution in [2.24, 2.45) is 5.92 Å². The van der Waals surface area contributed by atoms with Crippen molar-refractivity contribution in [3.05, 3.63) is 58.2 Å². The predicted molar refractivity (Wildman–Crippen MR) is 124 cm³/mol. The van der Waals surface area contributed by atoms with E-state index in [-0.39, 0.29) is 28.2 Å². The van der Waals surface area contributed by atoms with Crippen LogP contribution in [-0.4, -0.2) is 30.1 Å². The van der Waals surface area contributed by atoms with Gasteiger partial charge in [-0.15, -0.1) is 11.8 Å². The number of methoxy groups -OCH3 is 1. The van der Waals surface area contributed by atoms with E-state index in [1.165, 1.54) is 6.07 Å². The number of aromatic nitrogens is 1. The summed E-state index contributed by atoms with van der Waals surface area (Å²) in [5, 5.41) is 0.0976. The van der Waals surface area contributed by atoms with Gasteiger partial charge >= 0.3 is 0 Å². The molecular weight excluding hydrogens is 401 g/mol. The zero-order valence-electron chi connectivity index (χ0n) is 18.3. The Balaban J connectivity index is 2.29. The van der Waals surface area contributed by atoms with Crippen LogP contribution in [0, 0.1) is 11.7 Å². The van der Waals surface area contributed by atoms with Gasteiger partial charge in [0, 0.05) is 24.8 Å². The van der Waals surface area contributed by atoms with Gasteiger partial charge in [-0.1, -0.05) is 39.0 Å². The van der Waals surface area contributed by atoms with Crippen molar-refractivity contribution in [1.29, 1.82) is 0 Å². The van der Waals surface area contributed by atoms with Gasteiger partial charge < -0.3 is 14.0 Å². The molecule has 0 amide bonds. The van der Waals surface area contributed by atoms with Crippen molar-refractivity contribution < 1.29 is 13.9 Å². The van der Waals surface area contributed by atoms with Gasteiger partial charge in [0.25, 0.3) is 0 Å². The monoisotopic (exact) mass is 431 g/mol. The van der Waals surface area contributed by atoms with E-state index in [4.69, 9.17) is 9.47 Å². The van der Waals surface area contributed by atoms with Crippen LogP contribution in [0.15, 0.2) is 41.4 Å². The first kappa shape index (κ1) is 22.6. The van der Waals surface area contributed by atoms with Crippen LogP contribution in [0.5, 0.6) is 5.75 Å². The molecule has 1 aliphatic carbocycles. The van der Waals surface area contributed by atoms with E-state index in [1.807, 2.05) is 42.8 Å². The molecule has 1 aromatic carbocycles. The first-order valence-electron chi connectivity index (χ1n) is 10.5. The third-order valence-electron chi connectivity index (χ3n) is 5.36. The minimum atomic E-state index is -0.522. The highest BCUT2D eigenvalue weighted by atomic mass is 32.2. The maximum Gasteiger partial charge on any atom is 0.200 e. The van der Waals surface area contributed by atoms with Crippen LogP contribution < -0.4 is 10.2 Å². The Morgan fingerprint density at radius 3 is 2.70 bits per heavy atom. The summed E-state index contributed by atoms with van der Waals surface area (Å²) >= 11 is 1.73. The fraction of sp³-hybridized carbons (Fsp3) is 0.458. The first-order valence-corrected chi connectivity index (χ1v) is 11.5. The molecule has 1 aromatic heterocycles. The van der Waals surface area contributed by atoms with E-state index in [1.54, 1.807) is 24.9 Å². The number of allylic oxidation sites excluding steroid dienone is 2. The second-order valence-corrected chi connectivity index (χ2v) is 9.08. The van der Waals surface area contributed by atoms with E-state index in [2.05, 4.69) is 13.8 Å². The highest BCUT2D eigenvalue weighted by Gasteiger charge is 2.23. The number of nitrogens with zero attached hydrogens (tertiary/aromatic N) is 1. The topological polar surface area (TPSA) is 40.5 Å². The molecule has 0 spiro atoms. The molecule has 2 aromatic rings. The molecule has 0 aliphatic heterocycles. The summed E-state index contributed by atoms with van der Waals surface area (Å²) in [6, 6.07) is 2.95. The molecule has 3 unspecified atom stereocenters. The van der Waals surface area contributed by atoms with Crippen molar-refractivity contribution in [3.8, 4) is 5.75 Å². The van der Waals surface area contributed by atoms with Crippen molar-refractivity contribution in [3.63, 3.8) is 0 Å². The molecule has 1 heterocycles. The lowest BCUT2D eigenvalue weighted by Gasteiger charge is -2.24. The van der Waals surface area contributed by atoms with Crippen LogP contribution in [0.25, 0.3) is 16.5 Å². The van der Waals surface area contributed by atoms with Gasteiger partial charge in [0.05, 0.1) is 29.0 Å². The van der Waals surface area contributed by atoms with Crippen molar-refractivity contribution in [1.82, 2.24) is 4.57 Å². The third kappa shape index (κ3) is 4.35. The highest BCUT2D eigenvalue weighted by molar-refractivity contribution is 7.99. The number of hydrogen-bond donors (Lipinski definition) is 0. The lowest BCUT2D eigenvalue weighted by molar-refractivity contribution is 0.112. The molecular formula is C24H30FNO3S. The van der Waals surface area contributed by atoms with Crippen LogP contribution in [0.3, 0.4) is 0 Å². The molecule has 4 nitrogen and oxygen atoms in total. The highest BCUT2D eigenvalue weighted by Crippen LogP contribution is 2.34. The number of rotatable bonds is 8. The van der Waals surface area contributed by atoms with Gasteiger partial charge in [-0.2, -0.15) is 0 Å². The SMILES string of the molecule is CCCOc1ccc(F)c2c(=O)c(C3=CC(C)C(OC)C=C3)cn(C(C)SCC)c12. The molecule has 0 saturated heterocycles. The second-order valence-electron chi connectivity index (χ2n) is 7.49. The normalized spacial score (nSPS) is 19.7. The standard InChI is InChI=1S/C24H30FNO3S/c1-6-12-29-21-11-9-19(25)22-23(21)26(16(4)30-7-2)14-18(24(22)27)17-8-10-20(28-5)15(3)13-17/h8-11,13-16,20H,6-7,12H2,1-5H3. The lowest BCUT2D eigenvalue weighted by atomic mass is 9.91. The quantitative estimate of drug-likeness (QED) is 0.529. The van der Waals surface area contributed by atoms with E-state index in [9.17, 15) is 9.18 Å². The summed E-state index contributed by atoms with van der Waals surface area (Å²) < 4.78 is 28.3. The average molecular weight is 432 g/mol. The molecule has 30 heavy (non-hydrogen) atoms. The van der Waals surface area contributed by atoms with Gasteiger partial charge in [-0.3, -0.25) is 4.79 Å². The van der Waals surface area contributed by atoms with Crippen LogP contribution in [0.4, 0.5) is 4.39 Å². The Labute approximate surface area is 181 Å². The van der Waals surface area contributed by atoms with E-state index in [0.29, 0.717) is 23.4 Å². The number of fused-ring (bicyclic) bond motifs is 1. The molecule has 0 fully saturated rings. The van der Waals surface area contributed by atoms with Gasteiger partial charge in [0.15, 0.2) is 5.43 Å². The predicted octanol–water partition coefficient (Wildman–Crippen LogP) is 5.81. The van der Waals surface area contributed by atoms with Crippen LogP contribution in [0.2, 0.25) is 0 Å². The Kier molecular flexibility index (Phi) is 7.42. The Bertz CT molecular complexity index is 1030. The average Bonchev–Trinajstić information content (AvgIpc) is 2.73. The lowest BCUT2D eigenvalue weighted by Crippen LogP contribution is -2.22. The summed E-state index contributed by atoms with van der Waals surface area (Å²) in [6.07, 6.45) is 8.53. The van der Waals surface area contributed by atoms with Crippen molar-refractivity contribution >= 4 is 28.2 Å². The number of pyridine rings is 1. The van der Waals surface area contributed by atoms with Gasteiger partial charge in [-0.05, 0) is 36.8 Å². The number of hydrogen-bond acceptors (Lipinski definition) is 4. The minimum absolute atomic E-state index is 0.0138. The number of benzene rings is 1. The van der Waals surface area contributed by atoms with Gasteiger partial charge in [0.1, 0.15) is 11.6 Å². The smallest absolute Gasteiger partial charge is 0.200 e. The van der Waals surface area contributed by atoms with Crippen LogP contribution in [0.1, 0.15) is 45.1 Å². The zero-order valence-corrected chi connectivity index (χ0v) is 19.1. The molecule has 6 heteroatoms. The minimum Gasteiger partial charge on any atom is -0.491 e. The fourth-order valence-electron chi connectivity index (χ4n) is 3.84. The Hall–Kier alpha value is -2.05. The molecule has 0 saturated carbocycles. The third-order valence-corrected chi connectivity index (χ3v) is 6.40. The molecule has 0 bridgehead atoms. The largest absolute Gasteiger partial charge is 0.491 e. The summed E-state index contributed by atoms with van der Waals surface area (Å²) in [6.45, 7) is 8.72. The van der Waals surface area contributed by atoms with E-state index >= 15 is 0 Å². The summed E-state index contributed by atoms with van der Waals surface area (Å²) in [5.74, 6) is 1.04. The first-order chi connectivity index (χ1) is 14.4. The molecule has 3 atom stereocenters. The maximum absolute atomic E-state index is 15.0.